The van der Waals surface area contributed by atoms with Gasteiger partial charge in [-0.3, -0.25) is 4.98 Å². The average Bonchev–Trinajstić information content (AvgIpc) is 2.78. The van der Waals surface area contributed by atoms with Crippen LogP contribution in [-0.4, -0.2) is 24.7 Å². The molecule has 1 aliphatic rings. The Bertz CT molecular complexity index is 334. The zero-order valence-electron chi connectivity index (χ0n) is 10.1. The summed E-state index contributed by atoms with van der Waals surface area (Å²) in [5.74, 6) is 0. The fourth-order valence-corrected chi connectivity index (χ4v) is 2.28. The van der Waals surface area contributed by atoms with Crippen molar-refractivity contribution in [2.75, 3.05) is 13.7 Å². The Morgan fingerprint density at radius 1 is 1.56 bits per heavy atom. The van der Waals surface area contributed by atoms with E-state index in [0.29, 0.717) is 12.1 Å². The molecule has 0 aliphatic carbocycles. The van der Waals surface area contributed by atoms with E-state index < -0.39 is 0 Å². The number of rotatable bonds is 4. The molecule has 1 aromatic rings. The zero-order chi connectivity index (χ0) is 11.4. The van der Waals surface area contributed by atoms with Crippen LogP contribution in [0.4, 0.5) is 0 Å². The Hall–Kier alpha value is -0.930. The Morgan fingerprint density at radius 3 is 3.06 bits per heavy atom. The zero-order valence-corrected chi connectivity index (χ0v) is 10.1. The number of nitrogens with zero attached hydrogens (tertiary/aromatic N) is 1. The molecule has 0 amide bonds. The van der Waals surface area contributed by atoms with Gasteiger partial charge in [0.2, 0.25) is 0 Å². The molecule has 3 nitrogen and oxygen atoms in total. The molecule has 2 heterocycles. The highest BCUT2D eigenvalue weighted by molar-refractivity contribution is 5.20. The first-order valence-corrected chi connectivity index (χ1v) is 6.00. The number of hydrogen-bond acceptors (Lipinski definition) is 3. The number of aryl methyl sites for hydroxylation is 1. The lowest BCUT2D eigenvalue weighted by atomic mass is 10.00. The second kappa shape index (κ2) is 5.41. The summed E-state index contributed by atoms with van der Waals surface area (Å²) >= 11 is 0. The van der Waals surface area contributed by atoms with Gasteiger partial charge in [0.15, 0.2) is 0 Å². The SMILES string of the molecule is CNC(CC1CCCO1)c1cncc(C)c1. The molecule has 1 aliphatic heterocycles. The van der Waals surface area contributed by atoms with E-state index in [1.807, 2.05) is 19.4 Å². The van der Waals surface area contributed by atoms with E-state index in [9.17, 15) is 0 Å². The van der Waals surface area contributed by atoms with Gasteiger partial charge in [0.05, 0.1) is 6.10 Å². The highest BCUT2D eigenvalue weighted by Gasteiger charge is 2.21. The number of nitrogens with one attached hydrogen (secondary N) is 1. The molecule has 0 saturated carbocycles. The standard InChI is InChI=1S/C13H20N2O/c1-10-6-11(9-15-8-10)13(14-2)7-12-4-3-5-16-12/h6,8-9,12-14H,3-5,7H2,1-2H3. The van der Waals surface area contributed by atoms with Gasteiger partial charge in [0.1, 0.15) is 0 Å². The topological polar surface area (TPSA) is 34.1 Å². The van der Waals surface area contributed by atoms with Gasteiger partial charge in [0.25, 0.3) is 0 Å². The molecule has 0 aromatic carbocycles. The smallest absolute Gasteiger partial charge is 0.0594 e. The highest BCUT2D eigenvalue weighted by atomic mass is 16.5. The lowest BCUT2D eigenvalue weighted by molar-refractivity contribution is 0.0953. The third-order valence-corrected chi connectivity index (χ3v) is 3.17. The van der Waals surface area contributed by atoms with Crippen LogP contribution in [0.3, 0.4) is 0 Å². The summed E-state index contributed by atoms with van der Waals surface area (Å²) in [4.78, 5) is 4.25. The van der Waals surface area contributed by atoms with Crippen molar-refractivity contribution in [3.8, 4) is 0 Å². The first kappa shape index (κ1) is 11.6. The van der Waals surface area contributed by atoms with Crippen LogP contribution in [0.2, 0.25) is 0 Å². The molecule has 2 unspecified atom stereocenters. The van der Waals surface area contributed by atoms with Gasteiger partial charge < -0.3 is 10.1 Å². The van der Waals surface area contributed by atoms with Crippen LogP contribution in [0, 0.1) is 6.92 Å². The maximum Gasteiger partial charge on any atom is 0.0594 e. The van der Waals surface area contributed by atoms with Gasteiger partial charge in [-0.25, -0.2) is 0 Å². The summed E-state index contributed by atoms with van der Waals surface area (Å²) in [5.41, 5.74) is 2.48. The van der Waals surface area contributed by atoms with Crippen molar-refractivity contribution in [3.05, 3.63) is 29.6 Å². The van der Waals surface area contributed by atoms with Gasteiger partial charge in [-0.1, -0.05) is 6.07 Å². The lowest BCUT2D eigenvalue weighted by Crippen LogP contribution is -2.22. The van der Waals surface area contributed by atoms with Crippen molar-refractivity contribution in [2.45, 2.75) is 38.3 Å². The molecule has 0 bridgehead atoms. The number of aromatic nitrogens is 1. The fourth-order valence-electron chi connectivity index (χ4n) is 2.28. The number of ether oxygens (including phenoxy) is 1. The van der Waals surface area contributed by atoms with E-state index in [0.717, 1.165) is 13.0 Å². The second-order valence-corrected chi connectivity index (χ2v) is 4.51. The summed E-state index contributed by atoms with van der Waals surface area (Å²) in [6.45, 7) is 3.00. The van der Waals surface area contributed by atoms with Crippen molar-refractivity contribution in [1.29, 1.82) is 0 Å². The number of pyridine rings is 1. The van der Waals surface area contributed by atoms with Gasteiger partial charge in [0, 0.05) is 25.0 Å². The molecule has 88 valence electrons. The monoisotopic (exact) mass is 220 g/mol. The van der Waals surface area contributed by atoms with E-state index >= 15 is 0 Å². The molecule has 0 radical (unpaired) electrons. The molecule has 1 aromatic heterocycles. The lowest BCUT2D eigenvalue weighted by Gasteiger charge is -2.20. The highest BCUT2D eigenvalue weighted by Crippen LogP contribution is 2.24. The minimum atomic E-state index is 0.357. The van der Waals surface area contributed by atoms with Crippen molar-refractivity contribution in [2.24, 2.45) is 0 Å². The molecule has 1 N–H and O–H groups in total. The quantitative estimate of drug-likeness (QED) is 0.845. The molecule has 3 heteroatoms. The third-order valence-electron chi connectivity index (χ3n) is 3.17. The third kappa shape index (κ3) is 2.80. The largest absolute Gasteiger partial charge is 0.378 e. The van der Waals surface area contributed by atoms with E-state index in [-0.39, 0.29) is 0 Å². The van der Waals surface area contributed by atoms with Crippen molar-refractivity contribution in [3.63, 3.8) is 0 Å². The normalized spacial score (nSPS) is 22.2. The van der Waals surface area contributed by atoms with E-state index in [4.69, 9.17) is 4.74 Å². The molecular weight excluding hydrogens is 200 g/mol. The van der Waals surface area contributed by atoms with Crippen LogP contribution < -0.4 is 5.32 Å². The van der Waals surface area contributed by atoms with Crippen LogP contribution in [0.25, 0.3) is 0 Å². The first-order chi connectivity index (χ1) is 7.79. The molecule has 1 fully saturated rings. The van der Waals surface area contributed by atoms with Gasteiger partial charge in [-0.05, 0) is 44.4 Å². The summed E-state index contributed by atoms with van der Waals surface area (Å²) in [6, 6.07) is 2.55. The average molecular weight is 220 g/mol. The first-order valence-electron chi connectivity index (χ1n) is 6.00. The summed E-state index contributed by atoms with van der Waals surface area (Å²) < 4.78 is 5.68. The van der Waals surface area contributed by atoms with E-state index in [2.05, 4.69) is 23.3 Å². The Balaban J connectivity index is 2.03. The Morgan fingerprint density at radius 2 is 2.44 bits per heavy atom. The second-order valence-electron chi connectivity index (χ2n) is 4.51. The minimum Gasteiger partial charge on any atom is -0.378 e. The van der Waals surface area contributed by atoms with Crippen LogP contribution in [0.1, 0.15) is 36.4 Å². The molecule has 1 saturated heterocycles. The van der Waals surface area contributed by atoms with E-state index in [1.165, 1.54) is 24.0 Å². The predicted molar refractivity (Wildman–Crippen MR) is 64.4 cm³/mol. The molecular formula is C13H20N2O. The molecule has 0 spiro atoms. The van der Waals surface area contributed by atoms with Gasteiger partial charge >= 0.3 is 0 Å². The molecule has 2 atom stereocenters. The predicted octanol–water partition coefficient (Wildman–Crippen LogP) is 2.22. The number of hydrogen-bond donors (Lipinski definition) is 1. The Labute approximate surface area is 97.2 Å². The summed E-state index contributed by atoms with van der Waals surface area (Å²) in [7, 11) is 2.00. The van der Waals surface area contributed by atoms with E-state index in [1.54, 1.807) is 0 Å². The van der Waals surface area contributed by atoms with Crippen molar-refractivity contribution < 1.29 is 4.74 Å². The van der Waals surface area contributed by atoms with Crippen LogP contribution in [-0.2, 0) is 4.74 Å². The van der Waals surface area contributed by atoms with Crippen molar-refractivity contribution in [1.82, 2.24) is 10.3 Å². The van der Waals surface area contributed by atoms with Crippen LogP contribution in [0.5, 0.6) is 0 Å². The van der Waals surface area contributed by atoms with Crippen molar-refractivity contribution >= 4 is 0 Å². The van der Waals surface area contributed by atoms with Crippen LogP contribution in [0.15, 0.2) is 18.5 Å². The maximum atomic E-state index is 5.68. The summed E-state index contributed by atoms with van der Waals surface area (Å²) in [5, 5.41) is 3.35. The summed E-state index contributed by atoms with van der Waals surface area (Å²) in [6.07, 6.45) is 7.69. The minimum absolute atomic E-state index is 0.357. The maximum absolute atomic E-state index is 5.68. The molecule has 16 heavy (non-hydrogen) atoms. The van der Waals surface area contributed by atoms with Gasteiger partial charge in [-0.2, -0.15) is 0 Å². The van der Waals surface area contributed by atoms with Gasteiger partial charge in [-0.15, -0.1) is 0 Å². The molecule has 2 rings (SSSR count). The van der Waals surface area contributed by atoms with Crippen LogP contribution >= 0.6 is 0 Å². The Kier molecular flexibility index (Phi) is 3.91. The fraction of sp³-hybridized carbons (Fsp3) is 0.615.